The first kappa shape index (κ1) is 13.1. The quantitative estimate of drug-likeness (QED) is 0.832. The number of hydrogen-bond donors (Lipinski definition) is 1. The Kier molecular flexibility index (Phi) is 3.18. The van der Waals surface area contributed by atoms with Gasteiger partial charge in [0.1, 0.15) is 0 Å². The van der Waals surface area contributed by atoms with Gasteiger partial charge in [-0.15, -0.1) is 0 Å². The molecule has 1 aromatic rings. The molecular formula is C17H26N2. The predicted molar refractivity (Wildman–Crippen MR) is 80.2 cm³/mol. The normalized spacial score (nSPS) is 28.4. The SMILES string of the molecule is CC(C)(C)c1ccc(C23CCCN2CCCN3)cc1. The number of hydrogen-bond acceptors (Lipinski definition) is 2. The second kappa shape index (κ2) is 4.60. The molecule has 3 rings (SSSR count). The van der Waals surface area contributed by atoms with Gasteiger partial charge in [-0.3, -0.25) is 10.2 Å². The number of fused-ring (bicyclic) bond motifs is 1. The van der Waals surface area contributed by atoms with Crippen molar-refractivity contribution >= 4 is 0 Å². The van der Waals surface area contributed by atoms with Crippen molar-refractivity contribution in [2.75, 3.05) is 19.6 Å². The van der Waals surface area contributed by atoms with E-state index < -0.39 is 0 Å². The van der Waals surface area contributed by atoms with Crippen LogP contribution in [0.2, 0.25) is 0 Å². The van der Waals surface area contributed by atoms with Crippen LogP contribution < -0.4 is 5.32 Å². The highest BCUT2D eigenvalue weighted by atomic mass is 15.4. The lowest BCUT2D eigenvalue weighted by atomic mass is 9.85. The molecule has 0 amide bonds. The third-order valence-corrected chi connectivity index (χ3v) is 4.76. The van der Waals surface area contributed by atoms with E-state index in [0.29, 0.717) is 0 Å². The Hall–Kier alpha value is -0.860. The Labute approximate surface area is 117 Å². The van der Waals surface area contributed by atoms with Gasteiger partial charge in [0.05, 0.1) is 5.66 Å². The summed E-state index contributed by atoms with van der Waals surface area (Å²) in [5.41, 5.74) is 3.26. The van der Waals surface area contributed by atoms with Crippen LogP contribution >= 0.6 is 0 Å². The summed E-state index contributed by atoms with van der Waals surface area (Å²) in [7, 11) is 0. The van der Waals surface area contributed by atoms with E-state index >= 15 is 0 Å². The summed E-state index contributed by atoms with van der Waals surface area (Å²) in [6.07, 6.45) is 3.84. The third-order valence-electron chi connectivity index (χ3n) is 4.76. The van der Waals surface area contributed by atoms with Gasteiger partial charge in [0.2, 0.25) is 0 Å². The van der Waals surface area contributed by atoms with Crippen molar-refractivity contribution in [3.05, 3.63) is 35.4 Å². The lowest BCUT2D eigenvalue weighted by molar-refractivity contribution is 0.0656. The molecule has 19 heavy (non-hydrogen) atoms. The van der Waals surface area contributed by atoms with Crippen LogP contribution in [-0.4, -0.2) is 24.5 Å². The number of nitrogens with one attached hydrogen (secondary N) is 1. The van der Waals surface area contributed by atoms with E-state index in [4.69, 9.17) is 0 Å². The summed E-state index contributed by atoms with van der Waals surface area (Å²) in [6, 6.07) is 9.32. The Morgan fingerprint density at radius 1 is 1.05 bits per heavy atom. The van der Waals surface area contributed by atoms with Gasteiger partial charge >= 0.3 is 0 Å². The van der Waals surface area contributed by atoms with E-state index in [1.165, 1.54) is 43.5 Å². The molecule has 2 fully saturated rings. The first-order chi connectivity index (χ1) is 9.02. The molecule has 0 radical (unpaired) electrons. The zero-order valence-corrected chi connectivity index (χ0v) is 12.5. The van der Waals surface area contributed by atoms with Crippen molar-refractivity contribution in [3.8, 4) is 0 Å². The molecule has 1 atom stereocenters. The molecule has 1 aromatic carbocycles. The molecule has 2 heteroatoms. The number of benzene rings is 1. The van der Waals surface area contributed by atoms with Crippen LogP contribution in [0.4, 0.5) is 0 Å². The van der Waals surface area contributed by atoms with Gasteiger partial charge in [0, 0.05) is 13.1 Å². The summed E-state index contributed by atoms with van der Waals surface area (Å²) >= 11 is 0. The van der Waals surface area contributed by atoms with Gasteiger partial charge in [0.15, 0.2) is 0 Å². The molecule has 0 spiro atoms. The molecule has 0 aromatic heterocycles. The van der Waals surface area contributed by atoms with Crippen LogP contribution in [0.1, 0.15) is 51.2 Å². The van der Waals surface area contributed by atoms with Gasteiger partial charge in [-0.25, -0.2) is 0 Å². The number of nitrogens with zero attached hydrogens (tertiary/aromatic N) is 1. The fraction of sp³-hybridized carbons (Fsp3) is 0.647. The van der Waals surface area contributed by atoms with Crippen molar-refractivity contribution in [1.82, 2.24) is 10.2 Å². The van der Waals surface area contributed by atoms with Gasteiger partial charge in [-0.1, -0.05) is 45.0 Å². The zero-order valence-electron chi connectivity index (χ0n) is 12.5. The smallest absolute Gasteiger partial charge is 0.0975 e. The van der Waals surface area contributed by atoms with Crippen LogP contribution in [0.15, 0.2) is 24.3 Å². The van der Waals surface area contributed by atoms with Crippen LogP contribution in [-0.2, 0) is 11.1 Å². The fourth-order valence-electron chi connectivity index (χ4n) is 3.62. The number of rotatable bonds is 1. The molecule has 2 aliphatic rings. The maximum atomic E-state index is 3.79. The minimum atomic E-state index is 0.134. The average Bonchev–Trinajstić information content (AvgIpc) is 2.83. The first-order valence-electron chi connectivity index (χ1n) is 7.63. The maximum Gasteiger partial charge on any atom is 0.0975 e. The highest BCUT2D eigenvalue weighted by molar-refractivity contribution is 5.32. The van der Waals surface area contributed by atoms with Gasteiger partial charge in [-0.2, -0.15) is 0 Å². The predicted octanol–water partition coefficient (Wildman–Crippen LogP) is 3.23. The molecule has 0 aliphatic carbocycles. The molecule has 2 heterocycles. The van der Waals surface area contributed by atoms with E-state index in [0.717, 1.165) is 6.54 Å². The van der Waals surface area contributed by atoms with E-state index in [1.54, 1.807) is 0 Å². The van der Waals surface area contributed by atoms with Crippen molar-refractivity contribution in [2.24, 2.45) is 0 Å². The molecule has 2 saturated heterocycles. The van der Waals surface area contributed by atoms with Crippen molar-refractivity contribution in [2.45, 2.75) is 51.1 Å². The maximum absolute atomic E-state index is 3.79. The monoisotopic (exact) mass is 258 g/mol. The standard InChI is InChI=1S/C17H26N2/c1-16(2,3)14-6-8-15(9-7-14)17-10-4-12-19(17)13-5-11-18-17/h6-9,18H,4-5,10-13H2,1-3H3. The molecule has 2 aliphatic heterocycles. The van der Waals surface area contributed by atoms with Gasteiger partial charge < -0.3 is 0 Å². The topological polar surface area (TPSA) is 15.3 Å². The molecule has 1 unspecified atom stereocenters. The molecule has 2 nitrogen and oxygen atoms in total. The largest absolute Gasteiger partial charge is 0.295 e. The first-order valence-corrected chi connectivity index (χ1v) is 7.63. The van der Waals surface area contributed by atoms with E-state index in [1.807, 2.05) is 0 Å². The Morgan fingerprint density at radius 2 is 1.74 bits per heavy atom. The zero-order chi connectivity index (χ0) is 13.5. The van der Waals surface area contributed by atoms with Crippen LogP contribution in [0, 0.1) is 0 Å². The average molecular weight is 258 g/mol. The lowest BCUT2D eigenvalue weighted by Gasteiger charge is -2.44. The summed E-state index contributed by atoms with van der Waals surface area (Å²) in [5.74, 6) is 0. The Morgan fingerprint density at radius 3 is 2.42 bits per heavy atom. The highest BCUT2D eigenvalue weighted by Crippen LogP contribution is 2.38. The Balaban J connectivity index is 1.93. The molecule has 0 bridgehead atoms. The lowest BCUT2D eigenvalue weighted by Crippen LogP contribution is -2.56. The molecule has 1 N–H and O–H groups in total. The highest BCUT2D eigenvalue weighted by Gasteiger charge is 2.43. The van der Waals surface area contributed by atoms with Crippen molar-refractivity contribution in [3.63, 3.8) is 0 Å². The van der Waals surface area contributed by atoms with Crippen LogP contribution in [0.3, 0.4) is 0 Å². The molecule has 0 saturated carbocycles. The van der Waals surface area contributed by atoms with E-state index in [9.17, 15) is 0 Å². The fourth-order valence-corrected chi connectivity index (χ4v) is 3.62. The van der Waals surface area contributed by atoms with Crippen molar-refractivity contribution in [1.29, 1.82) is 0 Å². The summed E-state index contributed by atoms with van der Waals surface area (Å²) in [6.45, 7) is 10.5. The minimum absolute atomic E-state index is 0.134. The second-order valence-electron chi connectivity index (χ2n) is 7.06. The van der Waals surface area contributed by atoms with Crippen LogP contribution in [0.25, 0.3) is 0 Å². The third kappa shape index (κ3) is 2.21. The summed E-state index contributed by atoms with van der Waals surface area (Å²) < 4.78 is 0. The van der Waals surface area contributed by atoms with Gasteiger partial charge in [-0.05, 0) is 42.3 Å². The van der Waals surface area contributed by atoms with E-state index in [2.05, 4.69) is 55.3 Å². The summed E-state index contributed by atoms with van der Waals surface area (Å²) in [5, 5.41) is 3.79. The minimum Gasteiger partial charge on any atom is -0.295 e. The Bertz CT molecular complexity index is 443. The van der Waals surface area contributed by atoms with E-state index in [-0.39, 0.29) is 11.1 Å². The molecular weight excluding hydrogens is 232 g/mol. The van der Waals surface area contributed by atoms with Gasteiger partial charge in [0.25, 0.3) is 0 Å². The molecule has 104 valence electrons. The summed E-state index contributed by atoms with van der Waals surface area (Å²) in [4.78, 5) is 2.64. The van der Waals surface area contributed by atoms with Crippen LogP contribution in [0.5, 0.6) is 0 Å². The van der Waals surface area contributed by atoms with Crippen molar-refractivity contribution < 1.29 is 0 Å². The second-order valence-corrected chi connectivity index (χ2v) is 7.06.